The van der Waals surface area contributed by atoms with E-state index in [1.807, 2.05) is 13.8 Å². The Morgan fingerprint density at radius 1 is 0.895 bits per heavy atom. The molecule has 0 saturated carbocycles. The monoisotopic (exact) mass is 269 g/mol. The maximum absolute atomic E-state index is 2.69. The average molecular weight is 269 g/mol. The van der Waals surface area contributed by atoms with E-state index < -0.39 is 0 Å². The first-order valence-electron chi connectivity index (χ1n) is 8.30. The lowest BCUT2D eigenvalue weighted by Crippen LogP contribution is -2.50. The summed E-state index contributed by atoms with van der Waals surface area (Å²) >= 11 is 0. The Morgan fingerprint density at radius 3 is 1.89 bits per heavy atom. The molecule has 0 N–H and O–H groups in total. The largest absolute Gasteiger partial charge is 0.306 e. The second kappa shape index (κ2) is 8.93. The molecule has 0 aromatic heterocycles. The number of hydrogen-bond donors (Lipinski definition) is 0. The molecule has 19 heavy (non-hydrogen) atoms. The van der Waals surface area contributed by atoms with Crippen molar-refractivity contribution in [3.63, 3.8) is 0 Å². The van der Waals surface area contributed by atoms with Crippen molar-refractivity contribution < 1.29 is 0 Å². The van der Waals surface area contributed by atoms with Gasteiger partial charge in [0.15, 0.2) is 0 Å². The van der Waals surface area contributed by atoms with Gasteiger partial charge in [0.05, 0.1) is 0 Å². The zero-order valence-corrected chi connectivity index (χ0v) is 13.9. The Bertz CT molecular complexity index is 214. The third kappa shape index (κ3) is 5.80. The molecule has 2 rings (SSSR count). The van der Waals surface area contributed by atoms with Gasteiger partial charge in [-0.2, -0.15) is 0 Å². The second-order valence-corrected chi connectivity index (χ2v) is 6.18. The number of nitrogens with zero attached hydrogens (tertiary/aromatic N) is 3. The van der Waals surface area contributed by atoms with Gasteiger partial charge in [-0.1, -0.05) is 13.8 Å². The standard InChI is InChI=1S/C14H29N3.C2H6/c1-13(2)17-10-8-16(9-11-17)12-14-4-6-15(3)7-5-14;1-2/h13-14H,4-12H2,1-3H3;1-2H3. The molecule has 2 saturated heterocycles. The van der Waals surface area contributed by atoms with Crippen LogP contribution in [0.2, 0.25) is 0 Å². The lowest BCUT2D eigenvalue weighted by atomic mass is 9.96. The zero-order chi connectivity index (χ0) is 14.3. The molecule has 0 aliphatic carbocycles. The SMILES string of the molecule is CC.CC(C)N1CCN(CC2CCN(C)CC2)CC1. The summed E-state index contributed by atoms with van der Waals surface area (Å²) in [6, 6.07) is 0.723. The third-order valence-corrected chi connectivity index (χ3v) is 4.49. The second-order valence-electron chi connectivity index (χ2n) is 6.18. The number of piperidine rings is 1. The van der Waals surface area contributed by atoms with Crippen LogP contribution in [0.15, 0.2) is 0 Å². The summed E-state index contributed by atoms with van der Waals surface area (Å²) in [6.45, 7) is 17.7. The minimum Gasteiger partial charge on any atom is -0.306 e. The topological polar surface area (TPSA) is 9.72 Å². The van der Waals surface area contributed by atoms with E-state index in [1.54, 1.807) is 0 Å². The third-order valence-electron chi connectivity index (χ3n) is 4.49. The molecule has 2 heterocycles. The van der Waals surface area contributed by atoms with Crippen LogP contribution in [-0.4, -0.2) is 73.6 Å². The highest BCUT2D eigenvalue weighted by Gasteiger charge is 2.23. The van der Waals surface area contributed by atoms with Crippen molar-refractivity contribution in [2.45, 2.75) is 46.6 Å². The smallest absolute Gasteiger partial charge is 0.0113 e. The fourth-order valence-corrected chi connectivity index (χ4v) is 3.07. The average Bonchev–Trinajstić information content (AvgIpc) is 2.44. The van der Waals surface area contributed by atoms with Gasteiger partial charge in [0, 0.05) is 38.8 Å². The van der Waals surface area contributed by atoms with Gasteiger partial charge < -0.3 is 9.80 Å². The summed E-state index contributed by atoms with van der Waals surface area (Å²) in [6.07, 6.45) is 2.81. The van der Waals surface area contributed by atoms with E-state index in [9.17, 15) is 0 Å². The van der Waals surface area contributed by atoms with Crippen LogP contribution in [0.3, 0.4) is 0 Å². The van der Waals surface area contributed by atoms with Gasteiger partial charge >= 0.3 is 0 Å². The zero-order valence-electron chi connectivity index (χ0n) is 13.9. The van der Waals surface area contributed by atoms with Crippen LogP contribution in [-0.2, 0) is 0 Å². The summed E-state index contributed by atoms with van der Waals surface area (Å²) in [5.41, 5.74) is 0. The molecule has 3 nitrogen and oxygen atoms in total. The fourth-order valence-electron chi connectivity index (χ4n) is 3.07. The molecule has 0 radical (unpaired) electrons. The van der Waals surface area contributed by atoms with E-state index >= 15 is 0 Å². The van der Waals surface area contributed by atoms with Gasteiger partial charge in [-0.25, -0.2) is 0 Å². The van der Waals surface area contributed by atoms with Crippen LogP contribution < -0.4 is 0 Å². The van der Waals surface area contributed by atoms with Crippen molar-refractivity contribution in [2.75, 3.05) is 52.9 Å². The molecular weight excluding hydrogens is 234 g/mol. The summed E-state index contributed by atoms with van der Waals surface area (Å²) in [5.74, 6) is 0.955. The van der Waals surface area contributed by atoms with E-state index in [1.165, 1.54) is 58.7 Å². The molecule has 0 spiro atoms. The molecule has 114 valence electrons. The Hall–Kier alpha value is -0.120. The van der Waals surface area contributed by atoms with Crippen LogP contribution in [0.1, 0.15) is 40.5 Å². The Kier molecular flexibility index (Phi) is 7.96. The van der Waals surface area contributed by atoms with E-state index in [4.69, 9.17) is 0 Å². The Balaban J connectivity index is 0.000000861. The number of piperazine rings is 1. The summed E-state index contributed by atoms with van der Waals surface area (Å²) in [4.78, 5) is 7.76. The van der Waals surface area contributed by atoms with E-state index in [-0.39, 0.29) is 0 Å². The van der Waals surface area contributed by atoms with Crippen molar-refractivity contribution in [3.05, 3.63) is 0 Å². The fraction of sp³-hybridized carbons (Fsp3) is 1.00. The first kappa shape index (κ1) is 16.9. The van der Waals surface area contributed by atoms with Crippen molar-refractivity contribution in [3.8, 4) is 0 Å². The summed E-state index contributed by atoms with van der Waals surface area (Å²) < 4.78 is 0. The molecule has 0 bridgehead atoms. The molecule has 0 amide bonds. The van der Waals surface area contributed by atoms with Crippen LogP contribution in [0.4, 0.5) is 0 Å². The molecular formula is C16H35N3. The molecule has 2 fully saturated rings. The first-order valence-corrected chi connectivity index (χ1v) is 8.30. The molecule has 2 aliphatic rings. The van der Waals surface area contributed by atoms with Crippen molar-refractivity contribution >= 4 is 0 Å². The lowest BCUT2D eigenvalue weighted by Gasteiger charge is -2.39. The number of rotatable bonds is 3. The van der Waals surface area contributed by atoms with Gasteiger partial charge in [-0.3, -0.25) is 4.90 Å². The van der Waals surface area contributed by atoms with Gasteiger partial charge in [0.1, 0.15) is 0 Å². The molecule has 0 aromatic rings. The molecule has 2 aliphatic heterocycles. The van der Waals surface area contributed by atoms with Crippen LogP contribution in [0.5, 0.6) is 0 Å². The van der Waals surface area contributed by atoms with Gasteiger partial charge in [0.25, 0.3) is 0 Å². The molecule has 0 aromatic carbocycles. The van der Waals surface area contributed by atoms with E-state index in [2.05, 4.69) is 35.6 Å². The van der Waals surface area contributed by atoms with Crippen molar-refractivity contribution in [1.82, 2.24) is 14.7 Å². The van der Waals surface area contributed by atoms with Gasteiger partial charge in [-0.15, -0.1) is 0 Å². The summed E-state index contributed by atoms with van der Waals surface area (Å²) in [7, 11) is 2.25. The Labute approximate surface area is 120 Å². The predicted molar refractivity (Wildman–Crippen MR) is 84.7 cm³/mol. The van der Waals surface area contributed by atoms with Gasteiger partial charge in [0.2, 0.25) is 0 Å². The maximum atomic E-state index is 2.69. The molecule has 3 heteroatoms. The Morgan fingerprint density at radius 2 is 1.42 bits per heavy atom. The minimum atomic E-state index is 0.723. The predicted octanol–water partition coefficient (Wildman–Crippen LogP) is 2.38. The number of hydrogen-bond acceptors (Lipinski definition) is 3. The van der Waals surface area contributed by atoms with E-state index in [0.29, 0.717) is 0 Å². The van der Waals surface area contributed by atoms with Gasteiger partial charge in [-0.05, 0) is 52.7 Å². The maximum Gasteiger partial charge on any atom is 0.0113 e. The lowest BCUT2D eigenvalue weighted by molar-refractivity contribution is 0.0843. The van der Waals surface area contributed by atoms with Crippen LogP contribution in [0.25, 0.3) is 0 Å². The first-order chi connectivity index (χ1) is 9.15. The van der Waals surface area contributed by atoms with Crippen molar-refractivity contribution in [2.24, 2.45) is 5.92 Å². The highest BCUT2D eigenvalue weighted by atomic mass is 15.3. The summed E-state index contributed by atoms with van der Waals surface area (Å²) in [5, 5.41) is 0. The quantitative estimate of drug-likeness (QED) is 0.779. The molecule has 0 atom stereocenters. The highest BCUT2D eigenvalue weighted by Crippen LogP contribution is 2.18. The number of likely N-dealkylation sites (tertiary alicyclic amines) is 1. The van der Waals surface area contributed by atoms with Crippen molar-refractivity contribution in [1.29, 1.82) is 0 Å². The van der Waals surface area contributed by atoms with Crippen LogP contribution in [0, 0.1) is 5.92 Å². The highest BCUT2D eigenvalue weighted by molar-refractivity contribution is 4.78. The molecule has 0 unspecified atom stereocenters. The van der Waals surface area contributed by atoms with Crippen LogP contribution >= 0.6 is 0 Å². The minimum absolute atomic E-state index is 0.723. The van der Waals surface area contributed by atoms with E-state index in [0.717, 1.165) is 12.0 Å². The normalized spacial score (nSPS) is 24.3.